The number of allylic oxidation sites excluding steroid dienone is 5. The molecule has 0 atom stereocenters. The number of nitrogens with zero attached hydrogens (tertiary/aromatic N) is 7. The zero-order chi connectivity index (χ0) is 72.1. The van der Waals surface area contributed by atoms with Crippen LogP contribution in [0.15, 0.2) is 170 Å². The van der Waals surface area contributed by atoms with Gasteiger partial charge in [-0.3, -0.25) is 15.0 Å². The van der Waals surface area contributed by atoms with Crippen molar-refractivity contribution in [3.8, 4) is 0 Å². The number of aromatic nitrogens is 7. The molecule has 0 amide bonds. The molecule has 520 valence electrons. The van der Waals surface area contributed by atoms with Gasteiger partial charge in [0, 0.05) is 82.0 Å². The second-order valence-electron chi connectivity index (χ2n) is 11.8. The van der Waals surface area contributed by atoms with Gasteiger partial charge in [-0.2, -0.15) is 0 Å². The van der Waals surface area contributed by atoms with Crippen molar-refractivity contribution in [1.29, 1.82) is 0 Å². The average Bonchev–Trinajstić information content (AvgIpc) is 4.11. The Hall–Kier alpha value is -4.70. The minimum atomic E-state index is 0. The summed E-state index contributed by atoms with van der Waals surface area (Å²) < 4.78 is 2.12. The predicted molar refractivity (Wildman–Crippen MR) is 412 cm³/mol. The zero-order valence-electron chi connectivity index (χ0n) is 65.5. The Labute approximate surface area is 583 Å². The Morgan fingerprint density at radius 1 is 0.386 bits per heavy atom. The van der Waals surface area contributed by atoms with Crippen LogP contribution in [0.1, 0.15) is 289 Å². The number of benzene rings is 1. The Bertz CT molecular complexity index is 1510. The summed E-state index contributed by atoms with van der Waals surface area (Å²) in [5.41, 5.74) is 9.44. The monoisotopic (exact) mass is 1570 g/mol. The van der Waals surface area contributed by atoms with Crippen molar-refractivity contribution in [2.45, 2.75) is 297 Å². The molecule has 0 fully saturated rings. The van der Waals surface area contributed by atoms with Crippen LogP contribution >= 0.6 is 0 Å². The predicted octanol–water partition coefficient (Wildman–Crippen LogP) is 27.8. The van der Waals surface area contributed by atoms with Crippen molar-refractivity contribution in [1.82, 2.24) is 34.9 Å². The van der Waals surface area contributed by atoms with Crippen LogP contribution in [0.3, 0.4) is 0 Å². The van der Waals surface area contributed by atoms with Crippen LogP contribution in [0.2, 0.25) is 0 Å². The fourth-order valence-electron chi connectivity index (χ4n) is 3.27. The van der Waals surface area contributed by atoms with Gasteiger partial charge in [-0.15, -0.1) is 0 Å². The van der Waals surface area contributed by atoms with Gasteiger partial charge in [-0.05, 0) is 108 Å². The fraction of sp³-hybridized carbons (Fsp3) is 0.544. The van der Waals surface area contributed by atoms with E-state index in [1.807, 2.05) is 336 Å². The summed E-state index contributed by atoms with van der Waals surface area (Å²) in [4.78, 5) is 26.9. The third-order valence-corrected chi connectivity index (χ3v) is 6.79. The van der Waals surface area contributed by atoms with Gasteiger partial charge in [-0.1, -0.05) is 301 Å². The van der Waals surface area contributed by atoms with Gasteiger partial charge < -0.3 is 0 Å². The molecule has 5 heterocycles. The van der Waals surface area contributed by atoms with Gasteiger partial charge in [0.05, 0.1) is 0 Å². The molecule has 5 aromatic heterocycles. The van der Waals surface area contributed by atoms with Gasteiger partial charge in [0.2, 0.25) is 0 Å². The maximum absolute atomic E-state index is 5.30. The van der Waals surface area contributed by atoms with Gasteiger partial charge in [0.1, 0.15) is 12.7 Å². The minimum absolute atomic E-state index is 0. The smallest absolute Gasteiger partial charge is 0 e. The Morgan fingerprint density at radius 3 is 0.898 bits per heavy atom. The number of rotatable bonds is 2. The Kier molecular flexibility index (Phi) is 276. The Balaban J connectivity index is -0.0000000340. The van der Waals surface area contributed by atoms with E-state index in [2.05, 4.69) is 83.5 Å². The van der Waals surface area contributed by atoms with Crippen LogP contribution < -0.4 is 0 Å². The third-order valence-electron chi connectivity index (χ3n) is 6.19. The molecule has 1 aliphatic rings. The van der Waals surface area contributed by atoms with Crippen molar-refractivity contribution in [3.63, 3.8) is 0 Å². The summed E-state index contributed by atoms with van der Waals surface area (Å²) in [5, 5.41) is 0. The molecule has 1 aromatic carbocycles. The van der Waals surface area contributed by atoms with Gasteiger partial charge >= 0.3 is 49.3 Å². The van der Waals surface area contributed by atoms with E-state index in [-0.39, 0.29) is 28.5 Å². The first-order valence-corrected chi connectivity index (χ1v) is 35.1. The van der Waals surface area contributed by atoms with Crippen LogP contribution in [-0.2, 0) is 40.4 Å². The first-order valence-electron chi connectivity index (χ1n) is 33.4. The maximum atomic E-state index is 5.30. The summed E-state index contributed by atoms with van der Waals surface area (Å²) in [6.45, 7) is 85.4. The number of aryl methyl sites for hydroxylation is 6. The fourth-order valence-corrected chi connectivity index (χ4v) is 4.22. The molecule has 0 aliphatic heterocycles. The number of hydrogen-bond donors (Lipinski definition) is 0. The molecule has 0 spiro atoms. The molecule has 0 radical (unpaired) electrons. The summed E-state index contributed by atoms with van der Waals surface area (Å²) >= 11 is 1.50. The number of hydrogen-bond acceptors (Lipinski definition) is 7. The quantitative estimate of drug-likeness (QED) is 0.160. The van der Waals surface area contributed by atoms with Crippen LogP contribution in [0.25, 0.3) is 0 Å². The first kappa shape index (κ1) is 136. The normalized spacial score (nSPS) is 7.02. The van der Waals surface area contributed by atoms with Crippen molar-refractivity contribution in [3.05, 3.63) is 211 Å². The number of pyridine rings is 3. The van der Waals surface area contributed by atoms with Crippen molar-refractivity contribution < 1.29 is 40.4 Å². The molecule has 0 unspecified atom stereocenters. The largest absolute Gasteiger partial charge is 0 e. The van der Waals surface area contributed by atoms with Gasteiger partial charge in [0.15, 0.2) is 0 Å². The van der Waals surface area contributed by atoms with Crippen LogP contribution in [-0.4, -0.2) is 39.3 Å². The van der Waals surface area contributed by atoms with E-state index in [1.165, 1.54) is 60.7 Å². The second-order valence-corrected chi connectivity index (χ2v) is 13.0. The van der Waals surface area contributed by atoms with Gasteiger partial charge in [0.25, 0.3) is 0 Å². The zero-order valence-corrected chi connectivity index (χ0v) is 71.4. The third kappa shape index (κ3) is 185. The van der Waals surface area contributed by atoms with Crippen molar-refractivity contribution in [2.75, 3.05) is 0 Å². The maximum Gasteiger partial charge on any atom is 0 e. The SMILES string of the molecule is C.CC.CC.CC.CC.CC.CC.CC.CC.CC.CC.CC.CC.CC.CC.CC.CC.CC1=CC=CC1.Cc1ccccc1.Cc1ccccn1.Cc1cccnc1.Cc1ccncc1.Cc1ccncn1.Cc1cncnc1.[CH-]=C(C)C[CH]=[W].[W]. The summed E-state index contributed by atoms with van der Waals surface area (Å²) in [5.74, 6) is 0. The van der Waals surface area contributed by atoms with Crippen LogP contribution in [0.5, 0.6) is 0 Å². The standard InChI is InChI=1S/C7H8.3C6H7N.C6H8.2C5H6N2.C5H7.16C2H6.CH4.2W/c1-7-5-3-2-4-6-7;1-6-2-4-7-5-3-6;1-6-3-2-4-7-5-6;1-6-4-2-3-5-7-6;1-6-4-2-3-5-6;1-5-2-6-4-7-3-5;1-5-2-3-6-4-7-5;1-4-5(2)3;16*1-2;;;/h2-6H,1H3;3*2-5H,1H3;2-4H,5H2,1H3;2*2-4H,1H3;1-2H,4H2,3H3;16*1-2H3;1H4;;/q;;;;;;;-1;;;;;;;;;;;;;;;;;;;. The van der Waals surface area contributed by atoms with E-state index in [0.717, 1.165) is 28.9 Å². The molecule has 0 bridgehead atoms. The average molecular weight is 1570 g/mol. The minimum Gasteiger partial charge on any atom is 0 e. The van der Waals surface area contributed by atoms with Crippen LogP contribution in [0.4, 0.5) is 0 Å². The molecular formula is C79H156N7W2-. The molecule has 88 heavy (non-hydrogen) atoms. The summed E-state index contributed by atoms with van der Waals surface area (Å²) in [6.07, 6.45) is 25.8. The summed E-state index contributed by atoms with van der Waals surface area (Å²) in [7, 11) is 0. The first-order chi connectivity index (χ1) is 42.0. The molecule has 9 heteroatoms. The van der Waals surface area contributed by atoms with Crippen molar-refractivity contribution in [2.24, 2.45) is 0 Å². The molecule has 7 nitrogen and oxygen atoms in total. The second kappa shape index (κ2) is 178. The molecule has 7 rings (SSSR count). The Morgan fingerprint density at radius 2 is 0.750 bits per heavy atom. The van der Waals surface area contributed by atoms with E-state index in [1.54, 1.807) is 43.4 Å². The van der Waals surface area contributed by atoms with E-state index < -0.39 is 0 Å². The van der Waals surface area contributed by atoms with Gasteiger partial charge in [-0.25, -0.2) is 19.9 Å². The molecule has 0 saturated carbocycles. The summed E-state index contributed by atoms with van der Waals surface area (Å²) in [6, 6.07) is 25.9. The molecule has 6 aromatic rings. The molecule has 0 N–H and O–H groups in total. The molecule has 0 saturated heterocycles. The van der Waals surface area contributed by atoms with Crippen molar-refractivity contribution >= 4 is 4.40 Å². The van der Waals surface area contributed by atoms with Crippen LogP contribution in [0, 0.1) is 48.1 Å². The van der Waals surface area contributed by atoms with E-state index in [9.17, 15) is 0 Å². The van der Waals surface area contributed by atoms with E-state index >= 15 is 0 Å². The van der Waals surface area contributed by atoms with E-state index in [0.29, 0.717) is 0 Å². The molecular weight excluding hydrogens is 1410 g/mol. The molecule has 1 aliphatic carbocycles. The topological polar surface area (TPSA) is 90.2 Å². The van der Waals surface area contributed by atoms with E-state index in [4.69, 9.17) is 6.58 Å².